The molecule has 2 heterocycles. The summed E-state index contributed by atoms with van der Waals surface area (Å²) in [5.41, 5.74) is 0.426. The molecular formula is C18H14F2N2O3. The second kappa shape index (κ2) is 6.43. The molecule has 3 rings (SSSR count). The number of nitrogens with zero attached hydrogens (tertiary/aromatic N) is 2. The number of aliphatic hydroxyl groups is 1. The number of halogens is 2. The zero-order valence-corrected chi connectivity index (χ0v) is 13.2. The molecule has 0 bridgehead atoms. The Balaban J connectivity index is 2.18. The van der Waals surface area contributed by atoms with Crippen molar-refractivity contribution < 1.29 is 23.5 Å². The predicted molar refractivity (Wildman–Crippen MR) is 85.8 cm³/mol. The van der Waals surface area contributed by atoms with E-state index < -0.39 is 35.1 Å². The van der Waals surface area contributed by atoms with Gasteiger partial charge >= 0.3 is 0 Å². The quantitative estimate of drug-likeness (QED) is 0.924. The molecule has 1 amide bonds. The zero-order valence-electron chi connectivity index (χ0n) is 13.2. The van der Waals surface area contributed by atoms with Crippen LogP contribution in [0.2, 0.25) is 0 Å². The Bertz CT molecular complexity index is 881. The van der Waals surface area contributed by atoms with Crippen LogP contribution >= 0.6 is 0 Å². The van der Waals surface area contributed by atoms with E-state index in [1.165, 1.54) is 18.5 Å². The van der Waals surface area contributed by atoms with Crippen molar-refractivity contribution in [1.29, 1.82) is 0 Å². The van der Waals surface area contributed by atoms with Gasteiger partial charge in [0.05, 0.1) is 11.6 Å². The van der Waals surface area contributed by atoms with Gasteiger partial charge in [-0.2, -0.15) is 0 Å². The molecule has 0 saturated heterocycles. The summed E-state index contributed by atoms with van der Waals surface area (Å²) in [6.45, 7) is 1.60. The minimum absolute atomic E-state index is 0.0307. The van der Waals surface area contributed by atoms with E-state index >= 15 is 0 Å². The number of ketones is 1. The van der Waals surface area contributed by atoms with Crippen molar-refractivity contribution >= 4 is 17.4 Å². The maximum atomic E-state index is 13.6. The van der Waals surface area contributed by atoms with Crippen molar-refractivity contribution in [2.24, 2.45) is 0 Å². The summed E-state index contributed by atoms with van der Waals surface area (Å²) >= 11 is 0. The molecule has 1 aromatic carbocycles. The number of Topliss-reactive ketones (excluding diaryl/α,β-unsaturated/α-hetero) is 1. The Morgan fingerprint density at radius 2 is 2.04 bits per heavy atom. The van der Waals surface area contributed by atoms with Gasteiger partial charge in [0.25, 0.3) is 5.91 Å². The zero-order chi connectivity index (χ0) is 18.1. The number of hydrogen-bond donors (Lipinski definition) is 1. The predicted octanol–water partition coefficient (Wildman–Crippen LogP) is 3.24. The van der Waals surface area contributed by atoms with Crippen molar-refractivity contribution in [1.82, 2.24) is 4.98 Å². The number of carbonyl (C=O) groups excluding carboxylic acids is 2. The Labute approximate surface area is 142 Å². The average Bonchev–Trinajstić information content (AvgIpc) is 2.89. The van der Waals surface area contributed by atoms with Gasteiger partial charge in [-0.3, -0.25) is 19.5 Å². The number of aromatic nitrogens is 1. The average molecular weight is 344 g/mol. The third-order valence-electron chi connectivity index (χ3n) is 4.01. The Morgan fingerprint density at radius 3 is 2.64 bits per heavy atom. The SMILES string of the molecule is CCC(=O)C1=C(O)C(=O)N(c2ccc(F)c(F)c2)C1c1cccnc1. The topological polar surface area (TPSA) is 70.5 Å². The fourth-order valence-electron chi connectivity index (χ4n) is 2.83. The number of pyridine rings is 1. The minimum Gasteiger partial charge on any atom is -0.503 e. The summed E-state index contributed by atoms with van der Waals surface area (Å²) in [7, 11) is 0. The van der Waals surface area contributed by atoms with Crippen LogP contribution in [0.5, 0.6) is 0 Å². The molecule has 1 atom stereocenters. The third kappa shape index (κ3) is 2.77. The Hall–Kier alpha value is -3.09. The van der Waals surface area contributed by atoms with Crippen LogP contribution in [0.25, 0.3) is 0 Å². The van der Waals surface area contributed by atoms with Crippen LogP contribution < -0.4 is 4.90 Å². The standard InChI is InChI=1S/C18H14F2N2O3/c1-2-14(23)15-16(10-4-3-7-21-9-10)22(18(25)17(15)24)11-5-6-12(19)13(20)8-11/h3-9,16,24H,2H2,1H3. The molecule has 1 aliphatic heterocycles. The normalized spacial score (nSPS) is 17.3. The number of benzene rings is 1. The lowest BCUT2D eigenvalue weighted by Gasteiger charge is -2.26. The van der Waals surface area contributed by atoms with Crippen LogP contribution in [-0.2, 0) is 9.59 Å². The number of amides is 1. The summed E-state index contributed by atoms with van der Waals surface area (Å²) in [5.74, 6) is -4.15. The highest BCUT2D eigenvalue weighted by atomic mass is 19.2. The van der Waals surface area contributed by atoms with Gasteiger partial charge in [-0.1, -0.05) is 13.0 Å². The van der Waals surface area contributed by atoms with Gasteiger partial charge in [0.2, 0.25) is 0 Å². The number of aliphatic hydroxyl groups excluding tert-OH is 1. The fourth-order valence-corrected chi connectivity index (χ4v) is 2.83. The van der Waals surface area contributed by atoms with Gasteiger partial charge < -0.3 is 5.11 Å². The highest BCUT2D eigenvalue weighted by Crippen LogP contribution is 2.41. The van der Waals surface area contributed by atoms with Crippen LogP contribution in [0.4, 0.5) is 14.5 Å². The second-order valence-corrected chi connectivity index (χ2v) is 5.50. The van der Waals surface area contributed by atoms with E-state index in [-0.39, 0.29) is 17.7 Å². The van der Waals surface area contributed by atoms with Crippen LogP contribution in [0.15, 0.2) is 54.1 Å². The summed E-state index contributed by atoms with van der Waals surface area (Å²) in [5, 5.41) is 10.2. The van der Waals surface area contributed by atoms with Crippen LogP contribution in [0.3, 0.4) is 0 Å². The molecule has 0 fully saturated rings. The molecule has 0 spiro atoms. The lowest BCUT2D eigenvalue weighted by Crippen LogP contribution is -2.31. The fraction of sp³-hybridized carbons (Fsp3) is 0.167. The molecule has 5 nitrogen and oxygen atoms in total. The molecule has 7 heteroatoms. The van der Waals surface area contributed by atoms with Crippen molar-refractivity contribution in [3.05, 3.63) is 71.3 Å². The summed E-state index contributed by atoms with van der Waals surface area (Å²) in [6.07, 6.45) is 3.05. The first kappa shape index (κ1) is 16.8. The van der Waals surface area contributed by atoms with E-state index in [0.717, 1.165) is 17.0 Å². The summed E-state index contributed by atoms with van der Waals surface area (Å²) in [6, 6.07) is 5.25. The highest BCUT2D eigenvalue weighted by Gasteiger charge is 2.44. The van der Waals surface area contributed by atoms with Gasteiger partial charge in [0.15, 0.2) is 23.2 Å². The first-order valence-corrected chi connectivity index (χ1v) is 7.60. The molecule has 0 aliphatic carbocycles. The number of anilines is 1. The smallest absolute Gasteiger partial charge is 0.294 e. The van der Waals surface area contributed by atoms with Gasteiger partial charge in [-0.15, -0.1) is 0 Å². The van der Waals surface area contributed by atoms with E-state index in [9.17, 15) is 23.5 Å². The third-order valence-corrected chi connectivity index (χ3v) is 4.01. The van der Waals surface area contributed by atoms with Gasteiger partial charge in [-0.25, -0.2) is 8.78 Å². The molecule has 2 aromatic rings. The first-order chi connectivity index (χ1) is 12.0. The molecule has 0 saturated carbocycles. The van der Waals surface area contributed by atoms with E-state index in [1.807, 2.05) is 0 Å². The van der Waals surface area contributed by atoms with Crippen molar-refractivity contribution in [2.75, 3.05) is 4.90 Å². The van der Waals surface area contributed by atoms with E-state index in [1.54, 1.807) is 19.1 Å². The minimum atomic E-state index is -1.13. The van der Waals surface area contributed by atoms with Crippen LogP contribution in [0, 0.1) is 11.6 Å². The van der Waals surface area contributed by atoms with E-state index in [0.29, 0.717) is 5.56 Å². The van der Waals surface area contributed by atoms with Gasteiger partial charge in [0.1, 0.15) is 0 Å². The molecule has 25 heavy (non-hydrogen) atoms. The Kier molecular flexibility index (Phi) is 4.31. The summed E-state index contributed by atoms with van der Waals surface area (Å²) in [4.78, 5) is 29.9. The van der Waals surface area contributed by atoms with Gasteiger partial charge in [-0.05, 0) is 23.8 Å². The molecule has 1 unspecified atom stereocenters. The maximum absolute atomic E-state index is 13.6. The lowest BCUT2D eigenvalue weighted by molar-refractivity contribution is -0.118. The summed E-state index contributed by atoms with van der Waals surface area (Å²) < 4.78 is 26.9. The number of carbonyl (C=O) groups is 2. The molecular weight excluding hydrogens is 330 g/mol. The lowest BCUT2D eigenvalue weighted by atomic mass is 9.96. The molecule has 0 radical (unpaired) electrons. The molecule has 1 aliphatic rings. The van der Waals surface area contributed by atoms with Crippen molar-refractivity contribution in [3.63, 3.8) is 0 Å². The van der Waals surface area contributed by atoms with E-state index in [4.69, 9.17) is 0 Å². The van der Waals surface area contributed by atoms with Crippen LogP contribution in [0.1, 0.15) is 24.9 Å². The van der Waals surface area contributed by atoms with Crippen molar-refractivity contribution in [2.45, 2.75) is 19.4 Å². The van der Waals surface area contributed by atoms with E-state index in [2.05, 4.69) is 4.98 Å². The maximum Gasteiger partial charge on any atom is 0.294 e. The highest BCUT2D eigenvalue weighted by molar-refractivity contribution is 6.16. The van der Waals surface area contributed by atoms with Crippen LogP contribution in [-0.4, -0.2) is 21.8 Å². The monoisotopic (exact) mass is 344 g/mol. The first-order valence-electron chi connectivity index (χ1n) is 7.60. The molecule has 1 N–H and O–H groups in total. The largest absolute Gasteiger partial charge is 0.503 e. The Morgan fingerprint density at radius 1 is 1.28 bits per heavy atom. The second-order valence-electron chi connectivity index (χ2n) is 5.50. The molecule has 1 aromatic heterocycles. The molecule has 128 valence electrons. The number of rotatable bonds is 4. The van der Waals surface area contributed by atoms with Crippen molar-refractivity contribution in [3.8, 4) is 0 Å². The number of hydrogen-bond acceptors (Lipinski definition) is 4. The van der Waals surface area contributed by atoms with Gasteiger partial charge in [0, 0.05) is 30.6 Å².